The largest absolute Gasteiger partial charge is 0.490 e. The standard InChI is InChI=1S/C12H11Cl5O2/c1-2-12(3-18-4-12)5-19-11-9(16)7(14)6(13)8(15)10(11)17/h2-5H2,1H3. The van der Waals surface area contributed by atoms with E-state index in [0.717, 1.165) is 6.42 Å². The molecule has 19 heavy (non-hydrogen) atoms. The van der Waals surface area contributed by atoms with Crippen molar-refractivity contribution in [3.05, 3.63) is 25.1 Å². The van der Waals surface area contributed by atoms with Gasteiger partial charge in [-0.1, -0.05) is 64.9 Å². The van der Waals surface area contributed by atoms with Crippen LogP contribution in [0.2, 0.25) is 25.1 Å². The Labute approximate surface area is 136 Å². The van der Waals surface area contributed by atoms with Crippen molar-refractivity contribution in [3.8, 4) is 5.75 Å². The van der Waals surface area contributed by atoms with Crippen LogP contribution in [0.25, 0.3) is 0 Å². The molecule has 0 bridgehead atoms. The molecule has 0 radical (unpaired) electrons. The fourth-order valence-corrected chi connectivity index (χ4v) is 2.95. The van der Waals surface area contributed by atoms with Gasteiger partial charge < -0.3 is 9.47 Å². The zero-order valence-electron chi connectivity index (χ0n) is 10.0. The third-order valence-electron chi connectivity index (χ3n) is 3.26. The molecular weight excluding hydrogens is 353 g/mol. The molecule has 1 aliphatic heterocycles. The molecule has 7 heteroatoms. The fraction of sp³-hybridized carbons (Fsp3) is 0.500. The van der Waals surface area contributed by atoms with E-state index in [4.69, 9.17) is 67.5 Å². The van der Waals surface area contributed by atoms with E-state index in [9.17, 15) is 0 Å². The Kier molecular flexibility index (Phi) is 5.03. The van der Waals surface area contributed by atoms with E-state index >= 15 is 0 Å². The zero-order valence-corrected chi connectivity index (χ0v) is 13.8. The summed E-state index contributed by atoms with van der Waals surface area (Å²) in [4.78, 5) is 0. The summed E-state index contributed by atoms with van der Waals surface area (Å²) in [6.07, 6.45) is 0.942. The predicted octanol–water partition coefficient (Wildman–Crippen LogP) is 5.76. The highest BCUT2D eigenvalue weighted by atomic mass is 35.5. The Bertz CT molecular complexity index is 465. The number of ether oxygens (including phenoxy) is 2. The second-order valence-electron chi connectivity index (χ2n) is 4.53. The minimum Gasteiger partial charge on any atom is -0.490 e. The lowest BCUT2D eigenvalue weighted by Gasteiger charge is -2.40. The minimum atomic E-state index is 0.00520. The van der Waals surface area contributed by atoms with Crippen LogP contribution in [0.3, 0.4) is 0 Å². The number of hydrogen-bond acceptors (Lipinski definition) is 2. The van der Waals surface area contributed by atoms with E-state index in [2.05, 4.69) is 6.92 Å². The Morgan fingerprint density at radius 2 is 1.42 bits per heavy atom. The number of halogens is 5. The van der Waals surface area contributed by atoms with E-state index in [0.29, 0.717) is 19.8 Å². The molecule has 0 amide bonds. The monoisotopic (exact) mass is 362 g/mol. The van der Waals surface area contributed by atoms with Crippen molar-refractivity contribution in [3.63, 3.8) is 0 Å². The van der Waals surface area contributed by atoms with Crippen LogP contribution in [-0.4, -0.2) is 19.8 Å². The molecule has 0 spiro atoms. The lowest BCUT2D eigenvalue weighted by molar-refractivity contribution is -0.133. The third kappa shape index (κ3) is 2.90. The summed E-state index contributed by atoms with van der Waals surface area (Å²) in [7, 11) is 0. The van der Waals surface area contributed by atoms with Crippen LogP contribution in [-0.2, 0) is 4.74 Å². The molecule has 0 unspecified atom stereocenters. The van der Waals surface area contributed by atoms with Crippen LogP contribution < -0.4 is 4.74 Å². The van der Waals surface area contributed by atoms with Gasteiger partial charge in [-0.2, -0.15) is 0 Å². The molecule has 2 rings (SSSR count). The lowest BCUT2D eigenvalue weighted by Crippen LogP contribution is -2.46. The lowest BCUT2D eigenvalue weighted by atomic mass is 9.84. The van der Waals surface area contributed by atoms with Gasteiger partial charge >= 0.3 is 0 Å². The molecule has 1 fully saturated rings. The maximum atomic E-state index is 6.09. The zero-order chi connectivity index (χ0) is 14.2. The van der Waals surface area contributed by atoms with E-state index in [1.165, 1.54) is 0 Å². The molecular formula is C12H11Cl5O2. The molecule has 1 aromatic rings. The molecule has 0 N–H and O–H groups in total. The van der Waals surface area contributed by atoms with E-state index in [-0.39, 0.29) is 36.3 Å². The Hall–Kier alpha value is 0.430. The molecule has 1 saturated heterocycles. The summed E-state index contributed by atoms with van der Waals surface area (Å²) in [6.45, 7) is 3.84. The number of rotatable bonds is 4. The maximum absolute atomic E-state index is 6.09. The average Bonchev–Trinajstić information content (AvgIpc) is 2.36. The molecule has 1 aromatic carbocycles. The van der Waals surface area contributed by atoms with Gasteiger partial charge in [0.25, 0.3) is 0 Å². The topological polar surface area (TPSA) is 18.5 Å². The van der Waals surface area contributed by atoms with Crippen molar-refractivity contribution in [2.45, 2.75) is 13.3 Å². The van der Waals surface area contributed by atoms with Crippen LogP contribution in [0.1, 0.15) is 13.3 Å². The first kappa shape index (κ1) is 15.8. The van der Waals surface area contributed by atoms with Crippen LogP contribution in [0, 0.1) is 5.41 Å². The number of hydrogen-bond donors (Lipinski definition) is 0. The average molecular weight is 364 g/mol. The molecule has 106 valence electrons. The highest BCUT2D eigenvalue weighted by molar-refractivity contribution is 6.55. The predicted molar refractivity (Wildman–Crippen MR) is 80.5 cm³/mol. The van der Waals surface area contributed by atoms with Gasteiger partial charge in [0, 0.05) is 0 Å². The molecule has 0 aromatic heterocycles. The Balaban J connectivity index is 2.25. The van der Waals surface area contributed by atoms with E-state index in [1.807, 2.05) is 0 Å². The normalized spacial score (nSPS) is 17.2. The molecule has 2 nitrogen and oxygen atoms in total. The quantitative estimate of drug-likeness (QED) is 0.499. The van der Waals surface area contributed by atoms with Gasteiger partial charge in [-0.15, -0.1) is 0 Å². The van der Waals surface area contributed by atoms with E-state index < -0.39 is 0 Å². The maximum Gasteiger partial charge on any atom is 0.159 e. The second kappa shape index (κ2) is 6.05. The third-order valence-corrected chi connectivity index (χ3v) is 5.50. The highest BCUT2D eigenvalue weighted by Crippen LogP contribution is 2.48. The SMILES string of the molecule is CCC1(COc2c(Cl)c(Cl)c(Cl)c(Cl)c2Cl)COC1. The number of benzene rings is 1. The first-order valence-corrected chi connectivity index (χ1v) is 7.53. The fourth-order valence-electron chi connectivity index (χ4n) is 1.72. The summed E-state index contributed by atoms with van der Waals surface area (Å²) in [5, 5.41) is 0.759. The Morgan fingerprint density at radius 3 is 1.79 bits per heavy atom. The van der Waals surface area contributed by atoms with Gasteiger partial charge in [-0.25, -0.2) is 0 Å². The van der Waals surface area contributed by atoms with Crippen LogP contribution >= 0.6 is 58.0 Å². The molecule has 0 atom stereocenters. The van der Waals surface area contributed by atoms with Gasteiger partial charge in [-0.05, 0) is 6.42 Å². The highest BCUT2D eigenvalue weighted by Gasteiger charge is 2.38. The molecule has 1 heterocycles. The molecule has 0 aliphatic carbocycles. The summed E-state index contributed by atoms with van der Waals surface area (Å²) >= 11 is 30.1. The van der Waals surface area contributed by atoms with Crippen molar-refractivity contribution >= 4 is 58.0 Å². The van der Waals surface area contributed by atoms with Crippen molar-refractivity contribution in [2.24, 2.45) is 5.41 Å². The van der Waals surface area contributed by atoms with Gasteiger partial charge in [0.1, 0.15) is 10.0 Å². The minimum absolute atomic E-state index is 0.00520. The van der Waals surface area contributed by atoms with Crippen LogP contribution in [0.5, 0.6) is 5.75 Å². The van der Waals surface area contributed by atoms with Gasteiger partial charge in [0.15, 0.2) is 5.75 Å². The van der Waals surface area contributed by atoms with Gasteiger partial charge in [0.05, 0.1) is 40.3 Å². The summed E-state index contributed by atoms with van der Waals surface area (Å²) in [6, 6.07) is 0. The Morgan fingerprint density at radius 1 is 0.947 bits per heavy atom. The first-order chi connectivity index (χ1) is 8.92. The van der Waals surface area contributed by atoms with Crippen LogP contribution in [0.4, 0.5) is 0 Å². The van der Waals surface area contributed by atoms with Crippen molar-refractivity contribution in [1.29, 1.82) is 0 Å². The van der Waals surface area contributed by atoms with Crippen molar-refractivity contribution in [1.82, 2.24) is 0 Å². The summed E-state index contributed by atoms with van der Waals surface area (Å²) in [5.41, 5.74) is 0.00520. The van der Waals surface area contributed by atoms with Crippen molar-refractivity contribution < 1.29 is 9.47 Å². The van der Waals surface area contributed by atoms with Gasteiger partial charge in [0.2, 0.25) is 0 Å². The van der Waals surface area contributed by atoms with E-state index in [1.54, 1.807) is 0 Å². The smallest absolute Gasteiger partial charge is 0.159 e. The van der Waals surface area contributed by atoms with Crippen molar-refractivity contribution in [2.75, 3.05) is 19.8 Å². The molecule has 1 aliphatic rings. The summed E-state index contributed by atoms with van der Waals surface area (Å²) in [5.74, 6) is 0.266. The first-order valence-electron chi connectivity index (χ1n) is 5.64. The van der Waals surface area contributed by atoms with Crippen LogP contribution in [0.15, 0.2) is 0 Å². The summed E-state index contributed by atoms with van der Waals surface area (Å²) < 4.78 is 10.9. The van der Waals surface area contributed by atoms with Gasteiger partial charge in [-0.3, -0.25) is 0 Å². The second-order valence-corrected chi connectivity index (χ2v) is 6.42. The molecule has 0 saturated carbocycles.